The predicted molar refractivity (Wildman–Crippen MR) is 60.3 cm³/mol. The normalized spacial score (nSPS) is 15.2. The Balaban J connectivity index is 2.68. The minimum atomic E-state index is -0.477. The van der Waals surface area contributed by atoms with E-state index in [1.807, 2.05) is 17.8 Å². The van der Waals surface area contributed by atoms with Gasteiger partial charge >= 0.3 is 0 Å². The number of rotatable bonds is 6. The molecule has 0 fully saturated rings. The van der Waals surface area contributed by atoms with Crippen LogP contribution < -0.4 is 5.73 Å². The molecule has 15 heavy (non-hydrogen) atoms. The molecule has 2 atom stereocenters. The van der Waals surface area contributed by atoms with Gasteiger partial charge in [0, 0.05) is 24.2 Å². The molecule has 4 nitrogen and oxygen atoms in total. The molecule has 0 aliphatic carbocycles. The summed E-state index contributed by atoms with van der Waals surface area (Å²) in [7, 11) is 0. The molecule has 0 aliphatic heterocycles. The molecular weight excluding hydrogens is 190 g/mol. The fourth-order valence-corrected chi connectivity index (χ4v) is 1.75. The predicted octanol–water partition coefficient (Wildman–Crippen LogP) is 1.31. The first-order chi connectivity index (χ1) is 7.22. The highest BCUT2D eigenvalue weighted by Gasteiger charge is 2.19. The number of hydrogen-bond acceptors (Lipinski definition) is 3. The summed E-state index contributed by atoms with van der Waals surface area (Å²) >= 11 is 0. The van der Waals surface area contributed by atoms with Crippen LogP contribution in [0.4, 0.5) is 0 Å². The van der Waals surface area contributed by atoms with Crippen LogP contribution >= 0.6 is 0 Å². The van der Waals surface area contributed by atoms with E-state index in [1.165, 1.54) is 0 Å². The molecule has 1 aromatic heterocycles. The summed E-state index contributed by atoms with van der Waals surface area (Å²) in [6.07, 6.45) is 5.14. The molecule has 2 unspecified atom stereocenters. The van der Waals surface area contributed by atoms with Crippen LogP contribution in [-0.2, 0) is 6.54 Å². The maximum absolute atomic E-state index is 10.1. The molecule has 0 saturated heterocycles. The molecule has 0 amide bonds. The molecule has 86 valence electrons. The Labute approximate surface area is 91.1 Å². The van der Waals surface area contributed by atoms with Crippen molar-refractivity contribution in [1.29, 1.82) is 0 Å². The lowest BCUT2D eigenvalue weighted by Gasteiger charge is -2.19. The lowest BCUT2D eigenvalue weighted by molar-refractivity contribution is 0.106. The number of aromatic nitrogens is 2. The summed E-state index contributed by atoms with van der Waals surface area (Å²) in [6, 6.07) is 0. The van der Waals surface area contributed by atoms with E-state index in [0.717, 1.165) is 24.9 Å². The van der Waals surface area contributed by atoms with Gasteiger partial charge in [0.15, 0.2) is 0 Å². The van der Waals surface area contributed by atoms with E-state index in [9.17, 15) is 5.11 Å². The van der Waals surface area contributed by atoms with Crippen molar-refractivity contribution >= 4 is 0 Å². The van der Waals surface area contributed by atoms with Crippen molar-refractivity contribution in [2.75, 3.05) is 6.54 Å². The van der Waals surface area contributed by atoms with E-state index in [4.69, 9.17) is 5.73 Å². The van der Waals surface area contributed by atoms with E-state index in [0.29, 0.717) is 6.54 Å². The van der Waals surface area contributed by atoms with Crippen molar-refractivity contribution in [3.05, 3.63) is 18.0 Å². The van der Waals surface area contributed by atoms with E-state index in [2.05, 4.69) is 12.0 Å². The molecule has 4 heteroatoms. The Morgan fingerprint density at radius 1 is 1.53 bits per heavy atom. The third-order valence-corrected chi connectivity index (χ3v) is 2.73. The number of nitrogens with zero attached hydrogens (tertiary/aromatic N) is 2. The maximum atomic E-state index is 10.1. The highest BCUT2D eigenvalue weighted by molar-refractivity contribution is 5.09. The van der Waals surface area contributed by atoms with Gasteiger partial charge in [-0.1, -0.05) is 13.3 Å². The first-order valence-electron chi connectivity index (χ1n) is 5.63. The van der Waals surface area contributed by atoms with Gasteiger partial charge in [-0.25, -0.2) is 0 Å². The second-order valence-electron chi connectivity index (χ2n) is 3.86. The van der Waals surface area contributed by atoms with Gasteiger partial charge in [-0.2, -0.15) is 5.10 Å². The monoisotopic (exact) mass is 211 g/mol. The zero-order valence-electron chi connectivity index (χ0n) is 9.56. The zero-order chi connectivity index (χ0) is 11.3. The first-order valence-corrected chi connectivity index (χ1v) is 5.63. The van der Waals surface area contributed by atoms with Crippen LogP contribution in [0.1, 0.15) is 38.4 Å². The average molecular weight is 211 g/mol. The van der Waals surface area contributed by atoms with Crippen molar-refractivity contribution in [3.63, 3.8) is 0 Å². The quantitative estimate of drug-likeness (QED) is 0.745. The molecular formula is C11H21N3O. The molecule has 0 radical (unpaired) electrons. The standard InChI is InChI=1S/C11H21N3O/c1-3-5-9(6-12)11(15)10-7-13-14(4-2)8-10/h7-9,11,15H,3-6,12H2,1-2H3. The van der Waals surface area contributed by atoms with Gasteiger partial charge in [0.25, 0.3) is 0 Å². The van der Waals surface area contributed by atoms with Crippen molar-refractivity contribution in [3.8, 4) is 0 Å². The van der Waals surface area contributed by atoms with Gasteiger partial charge in [-0.15, -0.1) is 0 Å². The first kappa shape index (κ1) is 12.2. The van der Waals surface area contributed by atoms with Crippen LogP contribution in [0.5, 0.6) is 0 Å². The van der Waals surface area contributed by atoms with Crippen molar-refractivity contribution < 1.29 is 5.11 Å². The second kappa shape index (κ2) is 5.88. The molecule has 0 saturated carbocycles. The van der Waals surface area contributed by atoms with E-state index in [-0.39, 0.29) is 5.92 Å². The average Bonchev–Trinajstić information content (AvgIpc) is 2.73. The van der Waals surface area contributed by atoms with Crippen molar-refractivity contribution in [1.82, 2.24) is 9.78 Å². The Morgan fingerprint density at radius 3 is 2.73 bits per heavy atom. The van der Waals surface area contributed by atoms with Gasteiger partial charge in [-0.05, 0) is 19.9 Å². The fraction of sp³-hybridized carbons (Fsp3) is 0.727. The van der Waals surface area contributed by atoms with Gasteiger partial charge in [0.2, 0.25) is 0 Å². The van der Waals surface area contributed by atoms with E-state index >= 15 is 0 Å². The Hall–Kier alpha value is -0.870. The van der Waals surface area contributed by atoms with Gasteiger partial charge in [0.1, 0.15) is 0 Å². The van der Waals surface area contributed by atoms with Crippen LogP contribution in [0.15, 0.2) is 12.4 Å². The Morgan fingerprint density at radius 2 is 2.27 bits per heavy atom. The summed E-state index contributed by atoms with van der Waals surface area (Å²) < 4.78 is 1.82. The van der Waals surface area contributed by atoms with Crippen LogP contribution in [0.2, 0.25) is 0 Å². The van der Waals surface area contributed by atoms with E-state index < -0.39 is 6.10 Å². The van der Waals surface area contributed by atoms with E-state index in [1.54, 1.807) is 6.20 Å². The van der Waals surface area contributed by atoms with Crippen LogP contribution in [0, 0.1) is 5.92 Å². The molecule has 0 aromatic carbocycles. The van der Waals surface area contributed by atoms with Gasteiger partial charge < -0.3 is 10.8 Å². The Bertz CT molecular complexity index is 285. The molecule has 0 aliphatic rings. The summed E-state index contributed by atoms with van der Waals surface area (Å²) in [6.45, 7) is 5.47. The van der Waals surface area contributed by atoms with Gasteiger partial charge in [-0.3, -0.25) is 4.68 Å². The van der Waals surface area contributed by atoms with Crippen LogP contribution in [-0.4, -0.2) is 21.4 Å². The molecule has 1 heterocycles. The summed E-state index contributed by atoms with van der Waals surface area (Å²) in [5.74, 6) is 0.143. The highest BCUT2D eigenvalue weighted by Crippen LogP contribution is 2.24. The molecule has 1 aromatic rings. The topological polar surface area (TPSA) is 64.1 Å². The summed E-state index contributed by atoms with van der Waals surface area (Å²) in [5, 5.41) is 14.2. The SMILES string of the molecule is CCCC(CN)C(O)c1cnn(CC)c1. The third-order valence-electron chi connectivity index (χ3n) is 2.73. The summed E-state index contributed by atoms with van der Waals surface area (Å²) in [4.78, 5) is 0. The zero-order valence-corrected chi connectivity index (χ0v) is 9.56. The second-order valence-corrected chi connectivity index (χ2v) is 3.86. The number of aliphatic hydroxyl groups is 1. The largest absolute Gasteiger partial charge is 0.388 e. The minimum absolute atomic E-state index is 0.143. The highest BCUT2D eigenvalue weighted by atomic mass is 16.3. The molecule has 0 bridgehead atoms. The van der Waals surface area contributed by atoms with Crippen LogP contribution in [0.25, 0.3) is 0 Å². The summed E-state index contributed by atoms with van der Waals surface area (Å²) in [5.41, 5.74) is 6.52. The third kappa shape index (κ3) is 3.04. The minimum Gasteiger partial charge on any atom is -0.388 e. The number of aryl methyl sites for hydroxylation is 1. The van der Waals surface area contributed by atoms with Gasteiger partial charge in [0.05, 0.1) is 12.3 Å². The number of aliphatic hydroxyl groups excluding tert-OH is 1. The van der Waals surface area contributed by atoms with Crippen LogP contribution in [0.3, 0.4) is 0 Å². The fourth-order valence-electron chi connectivity index (χ4n) is 1.75. The maximum Gasteiger partial charge on any atom is 0.0860 e. The van der Waals surface area contributed by atoms with Crippen molar-refractivity contribution in [2.24, 2.45) is 11.7 Å². The Kier molecular flexibility index (Phi) is 4.78. The number of nitrogens with two attached hydrogens (primary N) is 1. The van der Waals surface area contributed by atoms with Crippen molar-refractivity contribution in [2.45, 2.75) is 39.3 Å². The lowest BCUT2D eigenvalue weighted by atomic mass is 9.94. The molecule has 3 N–H and O–H groups in total. The number of hydrogen-bond donors (Lipinski definition) is 2. The lowest BCUT2D eigenvalue weighted by Crippen LogP contribution is -2.21. The smallest absolute Gasteiger partial charge is 0.0860 e. The molecule has 1 rings (SSSR count). The molecule has 0 spiro atoms.